The smallest absolute Gasteiger partial charge is 0.138 e. The van der Waals surface area contributed by atoms with Crippen molar-refractivity contribution in [3.05, 3.63) is 40.9 Å². The first-order valence-electron chi connectivity index (χ1n) is 5.76. The summed E-state index contributed by atoms with van der Waals surface area (Å²) in [5.74, 6) is 0.668. The second-order valence-electron chi connectivity index (χ2n) is 4.91. The van der Waals surface area contributed by atoms with E-state index in [2.05, 4.69) is 6.58 Å². The van der Waals surface area contributed by atoms with E-state index in [-0.39, 0.29) is 0 Å². The van der Waals surface area contributed by atoms with Crippen molar-refractivity contribution in [1.82, 2.24) is 0 Å². The third kappa shape index (κ3) is 3.48. The van der Waals surface area contributed by atoms with Crippen LogP contribution in [-0.4, -0.2) is 17.3 Å². The molecule has 0 radical (unpaired) electrons. The van der Waals surface area contributed by atoms with Gasteiger partial charge in [-0.15, -0.1) is 0 Å². The van der Waals surface area contributed by atoms with Crippen LogP contribution < -0.4 is 4.74 Å². The fourth-order valence-corrected chi connectivity index (χ4v) is 1.93. The van der Waals surface area contributed by atoms with Gasteiger partial charge < -0.3 is 9.84 Å². The second-order valence-corrected chi connectivity index (χ2v) is 5.32. The Morgan fingerprint density at radius 3 is 2.76 bits per heavy atom. The van der Waals surface area contributed by atoms with Gasteiger partial charge in [-0.2, -0.15) is 0 Å². The van der Waals surface area contributed by atoms with Crippen LogP contribution in [-0.2, 0) is 6.42 Å². The van der Waals surface area contributed by atoms with Crippen LogP contribution >= 0.6 is 11.6 Å². The normalized spacial score (nSPS) is 16.6. The Labute approximate surface area is 107 Å². The van der Waals surface area contributed by atoms with Crippen molar-refractivity contribution >= 4 is 11.6 Å². The van der Waals surface area contributed by atoms with Crippen molar-refractivity contribution in [3.8, 4) is 5.75 Å². The molecule has 1 aromatic carbocycles. The van der Waals surface area contributed by atoms with Gasteiger partial charge in [0.25, 0.3) is 0 Å². The monoisotopic (exact) mass is 252 g/mol. The molecule has 92 valence electrons. The molecule has 1 saturated carbocycles. The van der Waals surface area contributed by atoms with Gasteiger partial charge in [0.05, 0.1) is 10.6 Å². The molecule has 0 aromatic heterocycles. The Morgan fingerprint density at radius 2 is 2.24 bits per heavy atom. The highest BCUT2D eigenvalue weighted by molar-refractivity contribution is 6.32. The number of ether oxygens (including phenoxy) is 1. The van der Waals surface area contributed by atoms with Crippen LogP contribution in [0.15, 0.2) is 30.4 Å². The summed E-state index contributed by atoms with van der Waals surface area (Å²) < 4.78 is 5.50. The Kier molecular flexibility index (Phi) is 3.45. The average Bonchev–Trinajstić information content (AvgIpc) is 2.94. The topological polar surface area (TPSA) is 29.5 Å². The Balaban J connectivity index is 2.03. The zero-order chi connectivity index (χ0) is 12.5. The van der Waals surface area contributed by atoms with E-state index in [0.717, 1.165) is 24.0 Å². The Hall–Kier alpha value is -0.990. The average molecular weight is 253 g/mol. The van der Waals surface area contributed by atoms with Crippen molar-refractivity contribution in [2.24, 2.45) is 0 Å². The molecule has 0 unspecified atom stereocenters. The lowest BCUT2D eigenvalue weighted by molar-refractivity contribution is 0.151. The molecule has 0 saturated heterocycles. The first kappa shape index (κ1) is 12.5. The molecule has 1 aliphatic carbocycles. The Bertz CT molecular complexity index is 436. The third-order valence-electron chi connectivity index (χ3n) is 2.83. The highest BCUT2D eigenvalue weighted by Crippen LogP contribution is 2.39. The summed E-state index contributed by atoms with van der Waals surface area (Å²) in [4.78, 5) is 0. The van der Waals surface area contributed by atoms with Gasteiger partial charge in [-0.25, -0.2) is 0 Å². The fourth-order valence-electron chi connectivity index (χ4n) is 1.67. The SMILES string of the molecule is C=C(C)COc1ccc(CC2(O)CC2)cc1Cl. The van der Waals surface area contributed by atoms with E-state index in [9.17, 15) is 5.11 Å². The summed E-state index contributed by atoms with van der Waals surface area (Å²) in [7, 11) is 0. The van der Waals surface area contributed by atoms with E-state index in [1.54, 1.807) is 0 Å². The van der Waals surface area contributed by atoms with E-state index >= 15 is 0 Å². The lowest BCUT2D eigenvalue weighted by Gasteiger charge is -2.11. The molecule has 0 amide bonds. The minimum atomic E-state index is -0.483. The number of rotatable bonds is 5. The minimum absolute atomic E-state index is 0.475. The fraction of sp³-hybridized carbons (Fsp3) is 0.429. The quantitative estimate of drug-likeness (QED) is 0.815. The van der Waals surface area contributed by atoms with Crippen LogP contribution in [0, 0.1) is 0 Å². The predicted octanol–water partition coefficient (Wildman–Crippen LogP) is 3.36. The van der Waals surface area contributed by atoms with Gasteiger partial charge in [-0.05, 0) is 43.0 Å². The number of benzene rings is 1. The van der Waals surface area contributed by atoms with Crippen LogP contribution in [0.25, 0.3) is 0 Å². The number of hydrogen-bond acceptors (Lipinski definition) is 2. The summed E-state index contributed by atoms with van der Waals surface area (Å²) in [6, 6.07) is 5.67. The van der Waals surface area contributed by atoms with Crippen LogP contribution in [0.2, 0.25) is 5.02 Å². The van der Waals surface area contributed by atoms with Crippen LogP contribution in [0.4, 0.5) is 0 Å². The minimum Gasteiger partial charge on any atom is -0.488 e. The molecule has 1 N–H and O–H groups in total. The van der Waals surface area contributed by atoms with Crippen LogP contribution in [0.3, 0.4) is 0 Å². The largest absolute Gasteiger partial charge is 0.488 e. The van der Waals surface area contributed by atoms with Gasteiger partial charge in [0, 0.05) is 6.42 Å². The highest BCUT2D eigenvalue weighted by atomic mass is 35.5. The summed E-state index contributed by atoms with van der Waals surface area (Å²) in [6.07, 6.45) is 2.45. The number of hydrogen-bond donors (Lipinski definition) is 1. The summed E-state index contributed by atoms with van der Waals surface area (Å²) in [5.41, 5.74) is 1.53. The highest BCUT2D eigenvalue weighted by Gasteiger charge is 2.40. The first-order chi connectivity index (χ1) is 7.98. The van der Waals surface area contributed by atoms with Crippen molar-refractivity contribution in [2.45, 2.75) is 31.8 Å². The molecule has 3 heteroatoms. The molecular formula is C14H17ClO2. The van der Waals surface area contributed by atoms with E-state index < -0.39 is 5.60 Å². The molecular weight excluding hydrogens is 236 g/mol. The standard InChI is InChI=1S/C14H17ClO2/c1-10(2)9-17-13-4-3-11(7-12(13)15)8-14(16)5-6-14/h3-4,7,16H,1,5-6,8-9H2,2H3. The van der Waals surface area contributed by atoms with Crippen LogP contribution in [0.5, 0.6) is 5.75 Å². The summed E-state index contributed by atoms with van der Waals surface area (Å²) >= 11 is 6.13. The lowest BCUT2D eigenvalue weighted by Crippen LogP contribution is -2.10. The third-order valence-corrected chi connectivity index (χ3v) is 3.13. The van der Waals surface area contributed by atoms with Crippen molar-refractivity contribution < 1.29 is 9.84 Å². The van der Waals surface area contributed by atoms with E-state index in [4.69, 9.17) is 16.3 Å². The van der Waals surface area contributed by atoms with Gasteiger partial charge in [0.2, 0.25) is 0 Å². The molecule has 0 aliphatic heterocycles. The summed E-state index contributed by atoms with van der Waals surface area (Å²) in [5, 5.41) is 10.4. The van der Waals surface area contributed by atoms with E-state index in [1.165, 1.54) is 0 Å². The molecule has 0 heterocycles. The van der Waals surface area contributed by atoms with Gasteiger partial charge in [0.1, 0.15) is 12.4 Å². The van der Waals surface area contributed by atoms with Gasteiger partial charge in [-0.1, -0.05) is 24.2 Å². The molecule has 0 spiro atoms. The Morgan fingerprint density at radius 1 is 1.53 bits per heavy atom. The van der Waals surface area contributed by atoms with Gasteiger partial charge in [-0.3, -0.25) is 0 Å². The van der Waals surface area contributed by atoms with Crippen molar-refractivity contribution in [3.63, 3.8) is 0 Å². The summed E-state index contributed by atoms with van der Waals surface area (Å²) in [6.45, 7) is 6.16. The molecule has 0 atom stereocenters. The molecule has 1 fully saturated rings. The molecule has 1 aliphatic rings. The predicted molar refractivity (Wildman–Crippen MR) is 69.6 cm³/mol. The maximum atomic E-state index is 9.83. The second kappa shape index (κ2) is 4.71. The molecule has 0 bridgehead atoms. The molecule has 2 rings (SSSR count). The maximum absolute atomic E-state index is 9.83. The zero-order valence-electron chi connectivity index (χ0n) is 10.0. The molecule has 2 nitrogen and oxygen atoms in total. The molecule has 17 heavy (non-hydrogen) atoms. The lowest BCUT2D eigenvalue weighted by atomic mass is 10.1. The molecule has 1 aromatic rings. The van der Waals surface area contributed by atoms with Crippen LogP contribution in [0.1, 0.15) is 25.3 Å². The first-order valence-corrected chi connectivity index (χ1v) is 6.14. The van der Waals surface area contributed by atoms with Crippen molar-refractivity contribution in [2.75, 3.05) is 6.61 Å². The van der Waals surface area contributed by atoms with Gasteiger partial charge >= 0.3 is 0 Å². The van der Waals surface area contributed by atoms with E-state index in [1.807, 2.05) is 25.1 Å². The van der Waals surface area contributed by atoms with E-state index in [0.29, 0.717) is 23.8 Å². The van der Waals surface area contributed by atoms with Crippen molar-refractivity contribution in [1.29, 1.82) is 0 Å². The van der Waals surface area contributed by atoms with Gasteiger partial charge in [0.15, 0.2) is 0 Å². The number of aliphatic hydroxyl groups is 1. The number of halogens is 1. The zero-order valence-corrected chi connectivity index (χ0v) is 10.8. The maximum Gasteiger partial charge on any atom is 0.138 e.